The first-order valence-electron chi connectivity index (χ1n) is 8.87. The summed E-state index contributed by atoms with van der Waals surface area (Å²) in [5, 5.41) is 0. The average molecular weight is 366 g/mol. The van der Waals surface area contributed by atoms with Crippen LogP contribution in [0.5, 0.6) is 0 Å². The van der Waals surface area contributed by atoms with Crippen LogP contribution in [0.15, 0.2) is 12.1 Å². The van der Waals surface area contributed by atoms with E-state index in [0.717, 1.165) is 6.07 Å². The van der Waals surface area contributed by atoms with Gasteiger partial charge in [-0.1, -0.05) is 6.07 Å². The Bertz CT molecular complexity index is 645. The Hall–Kier alpha value is -0.950. The van der Waals surface area contributed by atoms with Crippen LogP contribution in [0.25, 0.3) is 0 Å². The maximum absolute atomic E-state index is 14.5. The fourth-order valence-corrected chi connectivity index (χ4v) is 2.88. The molecule has 1 aromatic carbocycles. The van der Waals surface area contributed by atoms with Crippen molar-refractivity contribution in [1.29, 1.82) is 0 Å². The summed E-state index contributed by atoms with van der Waals surface area (Å²) in [5.74, 6) is -1.44. The Labute approximate surface area is 154 Å². The molecular weight excluding hydrogens is 340 g/mol. The van der Waals surface area contributed by atoms with Gasteiger partial charge in [0.2, 0.25) is 0 Å². The van der Waals surface area contributed by atoms with Gasteiger partial charge in [0, 0.05) is 17.0 Å². The Morgan fingerprint density at radius 2 is 0.846 bits per heavy atom. The summed E-state index contributed by atoms with van der Waals surface area (Å²) >= 11 is 0. The molecule has 0 atom stereocenters. The monoisotopic (exact) mass is 366 g/mol. The lowest BCUT2D eigenvalue weighted by atomic mass is 9.71. The molecule has 0 N–H and O–H groups in total. The molecule has 2 saturated heterocycles. The summed E-state index contributed by atoms with van der Waals surface area (Å²) in [5.41, 5.74) is -2.22. The van der Waals surface area contributed by atoms with Crippen molar-refractivity contribution in [3.8, 4) is 0 Å². The predicted octanol–water partition coefficient (Wildman–Crippen LogP) is 2.56. The highest BCUT2D eigenvalue weighted by atomic mass is 19.1. The van der Waals surface area contributed by atoms with E-state index in [1.54, 1.807) is 0 Å². The number of halogens is 2. The van der Waals surface area contributed by atoms with E-state index in [-0.39, 0.29) is 10.9 Å². The number of hydrogen-bond donors (Lipinski definition) is 0. The number of rotatable bonds is 2. The molecular formula is C18H26B2F2O4. The molecule has 0 bridgehead atoms. The first-order valence-corrected chi connectivity index (χ1v) is 8.87. The minimum Gasteiger partial charge on any atom is -0.399 e. The third-order valence-corrected chi connectivity index (χ3v) is 6.13. The van der Waals surface area contributed by atoms with Crippen LogP contribution in [0.4, 0.5) is 8.78 Å². The zero-order valence-electron chi connectivity index (χ0n) is 16.7. The van der Waals surface area contributed by atoms with Crippen molar-refractivity contribution in [3.63, 3.8) is 0 Å². The van der Waals surface area contributed by atoms with Crippen molar-refractivity contribution < 1.29 is 27.4 Å². The van der Waals surface area contributed by atoms with Crippen LogP contribution in [0.2, 0.25) is 0 Å². The molecule has 3 rings (SSSR count). The second-order valence-electron chi connectivity index (χ2n) is 9.07. The molecule has 1 aromatic rings. The van der Waals surface area contributed by atoms with E-state index >= 15 is 0 Å². The third kappa shape index (κ3) is 3.01. The summed E-state index contributed by atoms with van der Waals surface area (Å²) in [6.45, 7) is 15.0. The molecule has 26 heavy (non-hydrogen) atoms. The molecule has 0 unspecified atom stereocenters. The van der Waals surface area contributed by atoms with Crippen molar-refractivity contribution in [2.45, 2.75) is 77.8 Å². The minimum atomic E-state index is -0.929. The smallest absolute Gasteiger partial charge is 0.399 e. The molecule has 0 spiro atoms. The van der Waals surface area contributed by atoms with Crippen LogP contribution < -0.4 is 10.9 Å². The van der Waals surface area contributed by atoms with Crippen molar-refractivity contribution in [2.75, 3.05) is 0 Å². The summed E-state index contributed by atoms with van der Waals surface area (Å²) in [4.78, 5) is 0. The van der Waals surface area contributed by atoms with Gasteiger partial charge in [-0.05, 0) is 55.4 Å². The number of benzene rings is 1. The van der Waals surface area contributed by atoms with Gasteiger partial charge in [0.25, 0.3) is 0 Å². The van der Waals surface area contributed by atoms with Gasteiger partial charge in [0.1, 0.15) is 11.6 Å². The van der Waals surface area contributed by atoms with Crippen LogP contribution in [0, 0.1) is 11.6 Å². The Kier molecular flexibility index (Phi) is 4.40. The van der Waals surface area contributed by atoms with Crippen molar-refractivity contribution in [1.82, 2.24) is 0 Å². The van der Waals surface area contributed by atoms with Crippen molar-refractivity contribution in [3.05, 3.63) is 23.8 Å². The van der Waals surface area contributed by atoms with Gasteiger partial charge in [-0.15, -0.1) is 0 Å². The largest absolute Gasteiger partial charge is 0.497 e. The Balaban J connectivity index is 1.97. The molecule has 0 aliphatic carbocycles. The van der Waals surface area contributed by atoms with Gasteiger partial charge in [-0.25, -0.2) is 8.78 Å². The van der Waals surface area contributed by atoms with Crippen LogP contribution in [-0.2, 0) is 18.6 Å². The zero-order valence-corrected chi connectivity index (χ0v) is 16.7. The molecule has 142 valence electrons. The molecule has 2 aliphatic rings. The van der Waals surface area contributed by atoms with E-state index in [0.29, 0.717) is 0 Å². The van der Waals surface area contributed by atoms with Crippen LogP contribution in [0.1, 0.15) is 55.4 Å². The van der Waals surface area contributed by atoms with Crippen molar-refractivity contribution >= 4 is 25.2 Å². The van der Waals surface area contributed by atoms with E-state index in [4.69, 9.17) is 18.6 Å². The predicted molar refractivity (Wildman–Crippen MR) is 97.8 cm³/mol. The highest BCUT2D eigenvalue weighted by Crippen LogP contribution is 2.38. The molecule has 2 heterocycles. The highest BCUT2D eigenvalue weighted by Gasteiger charge is 2.55. The molecule has 0 amide bonds. The van der Waals surface area contributed by atoms with Crippen LogP contribution in [-0.4, -0.2) is 36.6 Å². The van der Waals surface area contributed by atoms with E-state index in [2.05, 4.69) is 0 Å². The standard InChI is InChI=1S/C18H26B2F2O4/c1-15(2)16(3,4)24-19(23-15)11-9-12(14(22)10-13(11)21)20-25-17(5,6)18(7,8)26-20/h9-10H,1-8H3. The zero-order chi connectivity index (χ0) is 19.7. The van der Waals surface area contributed by atoms with Gasteiger partial charge >= 0.3 is 14.2 Å². The first kappa shape index (κ1) is 19.8. The molecule has 2 fully saturated rings. The topological polar surface area (TPSA) is 36.9 Å². The lowest BCUT2D eigenvalue weighted by Gasteiger charge is -2.32. The molecule has 2 aliphatic heterocycles. The highest BCUT2D eigenvalue weighted by molar-refractivity contribution is 6.66. The van der Waals surface area contributed by atoms with Gasteiger partial charge in [-0.2, -0.15) is 0 Å². The van der Waals surface area contributed by atoms with E-state index < -0.39 is 48.3 Å². The Morgan fingerprint density at radius 1 is 0.577 bits per heavy atom. The van der Waals surface area contributed by atoms with E-state index in [9.17, 15) is 8.78 Å². The maximum atomic E-state index is 14.5. The molecule has 0 aromatic heterocycles. The summed E-state index contributed by atoms with van der Waals surface area (Å²) < 4.78 is 52.6. The van der Waals surface area contributed by atoms with Crippen LogP contribution in [0.3, 0.4) is 0 Å². The van der Waals surface area contributed by atoms with E-state index in [1.807, 2.05) is 55.4 Å². The molecule has 4 nitrogen and oxygen atoms in total. The maximum Gasteiger partial charge on any atom is 0.497 e. The fraction of sp³-hybridized carbons (Fsp3) is 0.667. The first-order chi connectivity index (χ1) is 11.7. The summed E-state index contributed by atoms with van der Waals surface area (Å²) in [7, 11) is -1.86. The van der Waals surface area contributed by atoms with Gasteiger partial charge in [0.05, 0.1) is 22.4 Å². The third-order valence-electron chi connectivity index (χ3n) is 6.13. The minimum absolute atomic E-state index is 0.134. The van der Waals surface area contributed by atoms with Crippen molar-refractivity contribution in [2.24, 2.45) is 0 Å². The number of hydrogen-bond acceptors (Lipinski definition) is 4. The van der Waals surface area contributed by atoms with Gasteiger partial charge < -0.3 is 18.6 Å². The average Bonchev–Trinajstić information content (AvgIpc) is 2.78. The lowest BCUT2D eigenvalue weighted by molar-refractivity contribution is 0.00578. The summed E-state index contributed by atoms with van der Waals surface area (Å²) in [6.07, 6.45) is 0. The molecule has 8 heteroatoms. The SMILES string of the molecule is CC1(C)OB(c2cc(B3OC(C)(C)C(C)(C)O3)c(F)cc2F)OC1(C)C. The van der Waals surface area contributed by atoms with Gasteiger partial charge in [-0.3, -0.25) is 0 Å². The lowest BCUT2D eigenvalue weighted by Crippen LogP contribution is -2.44. The second-order valence-corrected chi connectivity index (χ2v) is 9.07. The molecule has 0 saturated carbocycles. The van der Waals surface area contributed by atoms with Gasteiger partial charge in [0.15, 0.2) is 0 Å². The Morgan fingerprint density at radius 3 is 1.12 bits per heavy atom. The molecule has 0 radical (unpaired) electrons. The van der Waals surface area contributed by atoms with E-state index in [1.165, 1.54) is 6.07 Å². The summed E-state index contributed by atoms with van der Waals surface area (Å²) in [6, 6.07) is 2.22. The normalized spacial score (nSPS) is 25.8. The quantitative estimate of drug-likeness (QED) is 0.755. The second kappa shape index (κ2) is 5.77. The fourth-order valence-electron chi connectivity index (χ4n) is 2.88. The van der Waals surface area contributed by atoms with Crippen LogP contribution >= 0.6 is 0 Å².